The average molecular weight is 306 g/mol. The van der Waals surface area contributed by atoms with E-state index in [1.165, 1.54) is 11.3 Å². The molecule has 2 heterocycles. The Morgan fingerprint density at radius 1 is 1.30 bits per heavy atom. The molecule has 0 aliphatic carbocycles. The second-order valence-electron chi connectivity index (χ2n) is 4.19. The molecule has 0 atom stereocenters. The van der Waals surface area contributed by atoms with Crippen molar-refractivity contribution in [2.45, 2.75) is 6.54 Å². The summed E-state index contributed by atoms with van der Waals surface area (Å²) in [6.45, 7) is 0.678. The number of aromatic nitrogens is 2. The van der Waals surface area contributed by atoms with E-state index in [0.29, 0.717) is 11.0 Å². The molecule has 3 rings (SSSR count). The third-order valence-electron chi connectivity index (χ3n) is 2.90. The van der Waals surface area contributed by atoms with Gasteiger partial charge in [-0.15, -0.1) is 11.3 Å². The van der Waals surface area contributed by atoms with E-state index >= 15 is 0 Å². The minimum Gasteiger partial charge on any atom is -0.495 e. The fourth-order valence-electron chi connectivity index (χ4n) is 1.94. The Bertz CT molecular complexity index is 744. The van der Waals surface area contributed by atoms with Crippen molar-refractivity contribution in [3.05, 3.63) is 46.0 Å². The summed E-state index contributed by atoms with van der Waals surface area (Å²) in [7, 11) is 1.64. The molecule has 20 heavy (non-hydrogen) atoms. The molecule has 0 saturated carbocycles. The Hall–Kier alpha value is -1.85. The smallest absolute Gasteiger partial charge is 0.183 e. The van der Waals surface area contributed by atoms with E-state index in [4.69, 9.17) is 16.3 Å². The van der Waals surface area contributed by atoms with Crippen LogP contribution in [0, 0.1) is 0 Å². The highest BCUT2D eigenvalue weighted by molar-refractivity contribution is 7.15. The van der Waals surface area contributed by atoms with Gasteiger partial charge in [-0.25, -0.2) is 4.98 Å². The molecular formula is C14H12ClN3OS. The number of fused-ring (bicyclic) bond motifs is 1. The van der Waals surface area contributed by atoms with Crippen LogP contribution in [-0.2, 0) is 6.54 Å². The zero-order valence-electron chi connectivity index (χ0n) is 10.8. The Balaban J connectivity index is 1.87. The predicted octanol–water partition coefficient (Wildman–Crippen LogP) is 3.97. The van der Waals surface area contributed by atoms with Crippen molar-refractivity contribution in [2.24, 2.45) is 0 Å². The summed E-state index contributed by atoms with van der Waals surface area (Å²) < 4.78 is 5.75. The zero-order chi connectivity index (χ0) is 13.9. The second kappa shape index (κ2) is 5.64. The molecule has 0 spiro atoms. The average Bonchev–Trinajstić information content (AvgIpc) is 2.90. The molecule has 1 aromatic carbocycles. The fourth-order valence-corrected chi connectivity index (χ4v) is 2.86. The third kappa shape index (κ3) is 2.69. The highest BCUT2D eigenvalue weighted by Gasteiger charge is 2.05. The number of benzene rings is 1. The van der Waals surface area contributed by atoms with Crippen LogP contribution >= 0.6 is 22.9 Å². The lowest BCUT2D eigenvalue weighted by Crippen LogP contribution is -1.99. The fraction of sp³-hybridized carbons (Fsp3) is 0.143. The van der Waals surface area contributed by atoms with Gasteiger partial charge in [0.05, 0.1) is 31.1 Å². The second-order valence-corrected chi connectivity index (χ2v) is 5.88. The molecule has 0 fully saturated rings. The molecule has 4 nitrogen and oxygen atoms in total. The van der Waals surface area contributed by atoms with Gasteiger partial charge in [0.25, 0.3) is 0 Å². The summed E-state index contributed by atoms with van der Waals surface area (Å²) in [6, 6.07) is 7.98. The maximum atomic E-state index is 5.82. The molecule has 2 aromatic heterocycles. The van der Waals surface area contributed by atoms with Gasteiger partial charge in [-0.2, -0.15) is 0 Å². The predicted molar refractivity (Wildman–Crippen MR) is 82.7 cm³/mol. The molecule has 0 amide bonds. The van der Waals surface area contributed by atoms with Crippen molar-refractivity contribution < 1.29 is 4.74 Å². The monoisotopic (exact) mass is 305 g/mol. The summed E-state index contributed by atoms with van der Waals surface area (Å²) in [4.78, 5) is 9.55. The first-order valence-electron chi connectivity index (χ1n) is 6.03. The van der Waals surface area contributed by atoms with Crippen molar-refractivity contribution in [2.75, 3.05) is 12.4 Å². The SMILES string of the molecule is COc1cnc2c(NCc3cnc(Cl)s3)cccc2c1. The van der Waals surface area contributed by atoms with Crippen molar-refractivity contribution in [1.82, 2.24) is 9.97 Å². The number of anilines is 1. The standard InChI is InChI=1S/C14H12ClN3OS/c1-19-10-5-9-3-2-4-12(13(9)17-6-10)16-7-11-8-18-14(15)20-11/h2-6,8,16H,7H2,1H3. The van der Waals surface area contributed by atoms with Crippen molar-refractivity contribution in [3.63, 3.8) is 0 Å². The van der Waals surface area contributed by atoms with Crippen LogP contribution in [0.5, 0.6) is 5.75 Å². The molecule has 6 heteroatoms. The molecule has 0 aliphatic rings. The quantitative estimate of drug-likeness (QED) is 0.792. The number of thiazole rings is 1. The van der Waals surface area contributed by atoms with Crippen LogP contribution in [0.3, 0.4) is 0 Å². The summed E-state index contributed by atoms with van der Waals surface area (Å²) in [5.74, 6) is 0.754. The number of halogens is 1. The van der Waals surface area contributed by atoms with Crippen LogP contribution in [0.25, 0.3) is 10.9 Å². The number of nitrogens with zero attached hydrogens (tertiary/aromatic N) is 2. The van der Waals surface area contributed by atoms with E-state index in [0.717, 1.165) is 27.2 Å². The number of pyridine rings is 1. The van der Waals surface area contributed by atoms with E-state index < -0.39 is 0 Å². The molecule has 0 aliphatic heterocycles. The lowest BCUT2D eigenvalue weighted by atomic mass is 10.2. The summed E-state index contributed by atoms with van der Waals surface area (Å²) in [5, 5.41) is 4.40. The van der Waals surface area contributed by atoms with Gasteiger partial charge in [0.15, 0.2) is 4.47 Å². The van der Waals surface area contributed by atoms with Gasteiger partial charge in [-0.1, -0.05) is 23.7 Å². The maximum Gasteiger partial charge on any atom is 0.183 e. The van der Waals surface area contributed by atoms with Crippen LogP contribution in [0.4, 0.5) is 5.69 Å². The number of hydrogen-bond donors (Lipinski definition) is 1. The minimum atomic E-state index is 0.558. The first kappa shape index (κ1) is 13.1. The molecule has 0 bridgehead atoms. The molecule has 0 saturated heterocycles. The largest absolute Gasteiger partial charge is 0.495 e. The topological polar surface area (TPSA) is 47.0 Å². The normalized spacial score (nSPS) is 10.7. The summed E-state index contributed by atoms with van der Waals surface area (Å²) in [6.07, 6.45) is 3.50. The number of rotatable bonds is 4. The van der Waals surface area contributed by atoms with Crippen molar-refractivity contribution in [3.8, 4) is 5.75 Å². The summed E-state index contributed by atoms with van der Waals surface area (Å²) in [5.41, 5.74) is 1.90. The van der Waals surface area contributed by atoms with Gasteiger partial charge in [0.2, 0.25) is 0 Å². The summed E-state index contributed by atoms with van der Waals surface area (Å²) >= 11 is 7.29. The van der Waals surface area contributed by atoms with Gasteiger partial charge in [0.1, 0.15) is 5.75 Å². The minimum absolute atomic E-state index is 0.558. The van der Waals surface area contributed by atoms with Gasteiger partial charge >= 0.3 is 0 Å². The van der Waals surface area contributed by atoms with Gasteiger partial charge < -0.3 is 10.1 Å². The highest BCUT2D eigenvalue weighted by atomic mass is 35.5. The molecule has 3 aromatic rings. The Kier molecular flexibility index (Phi) is 3.71. The van der Waals surface area contributed by atoms with Crippen LogP contribution in [0.2, 0.25) is 4.47 Å². The van der Waals surface area contributed by atoms with Gasteiger partial charge in [0, 0.05) is 16.5 Å². The van der Waals surface area contributed by atoms with E-state index in [9.17, 15) is 0 Å². The number of nitrogens with one attached hydrogen (secondary N) is 1. The van der Waals surface area contributed by atoms with Gasteiger partial charge in [-0.3, -0.25) is 4.98 Å². The van der Waals surface area contributed by atoms with E-state index in [2.05, 4.69) is 15.3 Å². The van der Waals surface area contributed by atoms with Crippen molar-refractivity contribution in [1.29, 1.82) is 0 Å². The van der Waals surface area contributed by atoms with Crippen LogP contribution in [0.1, 0.15) is 4.88 Å². The van der Waals surface area contributed by atoms with Crippen LogP contribution < -0.4 is 10.1 Å². The zero-order valence-corrected chi connectivity index (χ0v) is 12.3. The molecule has 1 N–H and O–H groups in total. The molecular weight excluding hydrogens is 294 g/mol. The van der Waals surface area contributed by atoms with E-state index in [1.54, 1.807) is 19.5 Å². The first-order chi connectivity index (χ1) is 9.76. The lowest BCUT2D eigenvalue weighted by molar-refractivity contribution is 0.414. The Morgan fingerprint density at radius 2 is 2.20 bits per heavy atom. The maximum absolute atomic E-state index is 5.82. The van der Waals surface area contributed by atoms with Crippen molar-refractivity contribution >= 4 is 39.5 Å². The van der Waals surface area contributed by atoms with Crippen LogP contribution in [-0.4, -0.2) is 17.1 Å². The number of hydrogen-bond acceptors (Lipinski definition) is 5. The Labute approximate surface area is 125 Å². The Morgan fingerprint density at radius 3 is 2.95 bits per heavy atom. The highest BCUT2D eigenvalue weighted by Crippen LogP contribution is 2.26. The first-order valence-corrected chi connectivity index (χ1v) is 7.22. The molecule has 0 radical (unpaired) electrons. The van der Waals surface area contributed by atoms with E-state index in [-0.39, 0.29) is 0 Å². The number of para-hydroxylation sites is 1. The van der Waals surface area contributed by atoms with Crippen LogP contribution in [0.15, 0.2) is 36.7 Å². The number of methoxy groups -OCH3 is 1. The number of ether oxygens (including phenoxy) is 1. The lowest BCUT2D eigenvalue weighted by Gasteiger charge is -2.08. The molecule has 0 unspecified atom stereocenters. The third-order valence-corrected chi connectivity index (χ3v) is 4.01. The van der Waals surface area contributed by atoms with Gasteiger partial charge in [-0.05, 0) is 12.1 Å². The van der Waals surface area contributed by atoms with E-state index in [1.807, 2.05) is 24.3 Å². The molecule has 102 valence electrons.